The van der Waals surface area contributed by atoms with Gasteiger partial charge in [0.25, 0.3) is 0 Å². The van der Waals surface area contributed by atoms with E-state index in [-0.39, 0.29) is 28.2 Å². The average Bonchev–Trinajstić information content (AvgIpc) is 2.45. The molecule has 0 spiro atoms. The van der Waals surface area contributed by atoms with Crippen LogP contribution in [0, 0.1) is 17.2 Å². The molecule has 1 heterocycles. The SMILES string of the molecule is CCCC(Cc1ccc(C#N)c(O)c1)C1=C(C)CC(C)(C)[B]C1=O. The van der Waals surface area contributed by atoms with Gasteiger partial charge in [-0.15, -0.1) is 0 Å². The van der Waals surface area contributed by atoms with E-state index in [1.165, 1.54) is 5.57 Å². The maximum absolute atomic E-state index is 12.7. The summed E-state index contributed by atoms with van der Waals surface area (Å²) in [5.74, 6) is 0.167. The Balaban J connectivity index is 2.31. The Morgan fingerprint density at radius 3 is 2.67 bits per heavy atom. The number of phenolic OH excluding ortho intramolecular Hbond substituents is 1. The number of hydrogen-bond acceptors (Lipinski definition) is 3. The molecule has 1 aromatic rings. The fourth-order valence-corrected chi connectivity index (χ4v) is 3.80. The number of allylic oxidation sites excluding steroid dienone is 2. The monoisotopic (exact) mass is 322 g/mol. The van der Waals surface area contributed by atoms with E-state index in [0.29, 0.717) is 6.42 Å². The third kappa shape index (κ3) is 4.09. The minimum atomic E-state index is -0.0753. The predicted octanol–water partition coefficient (Wildman–Crippen LogP) is 4.37. The van der Waals surface area contributed by atoms with Crippen molar-refractivity contribution in [3.05, 3.63) is 40.5 Å². The van der Waals surface area contributed by atoms with Gasteiger partial charge in [0.2, 0.25) is 7.28 Å². The minimum Gasteiger partial charge on any atom is -0.507 e. The molecule has 0 aliphatic carbocycles. The molecule has 0 saturated heterocycles. The Morgan fingerprint density at radius 1 is 1.42 bits per heavy atom. The van der Waals surface area contributed by atoms with Crippen molar-refractivity contribution in [1.29, 1.82) is 5.26 Å². The minimum absolute atomic E-state index is 0.0126. The second-order valence-electron chi connectivity index (χ2n) is 7.52. The van der Waals surface area contributed by atoms with Crippen LogP contribution in [0.4, 0.5) is 0 Å². The fraction of sp³-hybridized carbons (Fsp3) is 0.500. The zero-order valence-corrected chi connectivity index (χ0v) is 15.0. The van der Waals surface area contributed by atoms with Gasteiger partial charge >= 0.3 is 0 Å². The highest BCUT2D eigenvalue weighted by Crippen LogP contribution is 2.41. The molecule has 1 aliphatic heterocycles. The van der Waals surface area contributed by atoms with Gasteiger partial charge in [0, 0.05) is 0 Å². The summed E-state index contributed by atoms with van der Waals surface area (Å²) in [6.07, 6.45) is 3.56. The van der Waals surface area contributed by atoms with Crippen molar-refractivity contribution in [2.45, 2.75) is 58.7 Å². The Bertz CT molecular complexity index is 713. The molecule has 125 valence electrons. The van der Waals surface area contributed by atoms with Crippen molar-refractivity contribution in [2.24, 2.45) is 5.92 Å². The van der Waals surface area contributed by atoms with Crippen LogP contribution in [0.25, 0.3) is 0 Å². The van der Waals surface area contributed by atoms with E-state index in [2.05, 4.69) is 27.7 Å². The molecule has 0 amide bonds. The Morgan fingerprint density at radius 2 is 2.12 bits per heavy atom. The third-order valence-electron chi connectivity index (χ3n) is 4.68. The second kappa shape index (κ2) is 7.26. The highest BCUT2D eigenvalue weighted by Gasteiger charge is 2.35. The maximum atomic E-state index is 12.7. The summed E-state index contributed by atoms with van der Waals surface area (Å²) in [6, 6.07) is 7.14. The normalized spacial score (nSPS) is 18.0. The molecule has 2 rings (SSSR count). The van der Waals surface area contributed by atoms with Crippen molar-refractivity contribution < 1.29 is 9.90 Å². The summed E-state index contributed by atoms with van der Waals surface area (Å²) in [6.45, 7) is 8.39. The second-order valence-corrected chi connectivity index (χ2v) is 7.52. The van der Waals surface area contributed by atoms with Crippen LogP contribution in [-0.2, 0) is 11.2 Å². The van der Waals surface area contributed by atoms with Crippen molar-refractivity contribution in [1.82, 2.24) is 0 Å². The average molecular weight is 322 g/mol. The van der Waals surface area contributed by atoms with Gasteiger partial charge in [0.15, 0.2) is 0 Å². The molecule has 0 bridgehead atoms. The molecule has 4 heteroatoms. The molecule has 1 radical (unpaired) electrons. The number of rotatable bonds is 5. The van der Waals surface area contributed by atoms with Gasteiger partial charge in [-0.2, -0.15) is 5.26 Å². The third-order valence-corrected chi connectivity index (χ3v) is 4.68. The zero-order valence-electron chi connectivity index (χ0n) is 15.0. The lowest BCUT2D eigenvalue weighted by atomic mass is 9.44. The van der Waals surface area contributed by atoms with Gasteiger partial charge in [-0.3, -0.25) is 0 Å². The largest absolute Gasteiger partial charge is 0.507 e. The summed E-state index contributed by atoms with van der Waals surface area (Å²) in [4.78, 5) is 12.7. The van der Waals surface area contributed by atoms with E-state index in [9.17, 15) is 9.90 Å². The first-order valence-electron chi connectivity index (χ1n) is 8.59. The molecule has 1 unspecified atom stereocenters. The predicted molar refractivity (Wildman–Crippen MR) is 97.0 cm³/mol. The summed E-state index contributed by atoms with van der Waals surface area (Å²) in [7, 11) is 1.86. The number of nitrogens with zero attached hydrogens (tertiary/aromatic N) is 1. The number of benzene rings is 1. The first-order chi connectivity index (χ1) is 11.3. The van der Waals surface area contributed by atoms with Crippen molar-refractivity contribution in [2.75, 3.05) is 0 Å². The van der Waals surface area contributed by atoms with Gasteiger partial charge in [0.1, 0.15) is 17.5 Å². The van der Waals surface area contributed by atoms with Crippen molar-refractivity contribution in [3.63, 3.8) is 0 Å². The molecular formula is C20H25BNO2. The van der Waals surface area contributed by atoms with Crippen LogP contribution in [0.2, 0.25) is 5.31 Å². The van der Waals surface area contributed by atoms with Crippen LogP contribution < -0.4 is 0 Å². The molecule has 3 nitrogen and oxygen atoms in total. The van der Waals surface area contributed by atoms with Gasteiger partial charge in [0.05, 0.1) is 5.56 Å². The number of hydrogen-bond donors (Lipinski definition) is 1. The number of aromatic hydroxyl groups is 1. The molecule has 1 aliphatic rings. The Labute approximate surface area is 145 Å². The Hall–Kier alpha value is -2.02. The molecular weight excluding hydrogens is 297 g/mol. The zero-order chi connectivity index (χ0) is 17.9. The molecule has 0 fully saturated rings. The topological polar surface area (TPSA) is 61.1 Å². The van der Waals surface area contributed by atoms with Crippen LogP contribution >= 0.6 is 0 Å². The van der Waals surface area contributed by atoms with Crippen LogP contribution in [0.3, 0.4) is 0 Å². The van der Waals surface area contributed by atoms with Gasteiger partial charge in [-0.1, -0.05) is 44.1 Å². The van der Waals surface area contributed by atoms with E-state index in [1.807, 2.05) is 19.4 Å². The lowest BCUT2D eigenvalue weighted by Gasteiger charge is -2.33. The quantitative estimate of drug-likeness (QED) is 0.819. The van der Waals surface area contributed by atoms with Gasteiger partial charge < -0.3 is 9.90 Å². The molecule has 0 saturated carbocycles. The number of nitriles is 1. The fourth-order valence-electron chi connectivity index (χ4n) is 3.80. The maximum Gasteiger partial charge on any atom is 0.215 e. The Kier molecular flexibility index (Phi) is 5.54. The highest BCUT2D eigenvalue weighted by atomic mass is 16.3. The van der Waals surface area contributed by atoms with Crippen LogP contribution in [0.1, 0.15) is 58.1 Å². The first kappa shape index (κ1) is 18.3. The van der Waals surface area contributed by atoms with Gasteiger partial charge in [-0.05, 0) is 55.4 Å². The van der Waals surface area contributed by atoms with E-state index in [0.717, 1.165) is 30.4 Å². The summed E-state index contributed by atoms with van der Waals surface area (Å²) < 4.78 is 0. The van der Waals surface area contributed by atoms with Crippen LogP contribution in [0.5, 0.6) is 5.75 Å². The number of phenols is 1. The van der Waals surface area contributed by atoms with Crippen molar-refractivity contribution >= 4 is 13.0 Å². The smallest absolute Gasteiger partial charge is 0.215 e. The highest BCUT2D eigenvalue weighted by molar-refractivity contribution is 6.80. The van der Waals surface area contributed by atoms with Gasteiger partial charge in [-0.25, -0.2) is 0 Å². The molecule has 1 N–H and O–H groups in total. The first-order valence-corrected chi connectivity index (χ1v) is 8.59. The van der Waals surface area contributed by atoms with Crippen LogP contribution in [-0.4, -0.2) is 18.1 Å². The molecule has 24 heavy (non-hydrogen) atoms. The summed E-state index contributed by atoms with van der Waals surface area (Å²) >= 11 is 0. The molecule has 1 aromatic carbocycles. The lowest BCUT2D eigenvalue weighted by molar-refractivity contribution is -0.109. The molecule has 0 aromatic heterocycles. The lowest BCUT2D eigenvalue weighted by Crippen LogP contribution is -2.33. The van der Waals surface area contributed by atoms with E-state index in [4.69, 9.17) is 5.26 Å². The standard InChI is InChI=1S/C20H25BNO2/c1-5-6-15(9-14-7-8-16(12-22)17(23)10-14)18-13(2)11-20(3,4)21-19(18)24/h7-8,10,15,23H,5-6,9,11H2,1-4H3. The van der Waals surface area contributed by atoms with E-state index in [1.54, 1.807) is 12.1 Å². The van der Waals surface area contributed by atoms with Crippen LogP contribution in [0.15, 0.2) is 29.3 Å². The number of carbonyl (C=O) groups is 1. The van der Waals surface area contributed by atoms with Crippen molar-refractivity contribution in [3.8, 4) is 11.8 Å². The summed E-state index contributed by atoms with van der Waals surface area (Å²) in [5, 5.41) is 18.8. The molecule has 1 atom stereocenters. The van der Waals surface area contributed by atoms with E-state index < -0.39 is 0 Å². The number of carbonyl (C=O) groups excluding carboxylic acids is 1. The summed E-state index contributed by atoms with van der Waals surface area (Å²) in [5.41, 5.74) is 3.52. The van der Waals surface area contributed by atoms with E-state index >= 15 is 0 Å².